The van der Waals surface area contributed by atoms with Gasteiger partial charge in [-0.05, 0) is 30.5 Å². The molecule has 7 heteroatoms. The number of aromatic nitrogens is 5. The van der Waals surface area contributed by atoms with Crippen LogP contribution in [-0.4, -0.2) is 30.9 Å². The van der Waals surface area contributed by atoms with Crippen molar-refractivity contribution in [2.45, 2.75) is 33.9 Å². The van der Waals surface area contributed by atoms with E-state index in [1.165, 1.54) is 0 Å². The first-order valence-electron chi connectivity index (χ1n) is 8.29. The van der Waals surface area contributed by atoms with E-state index >= 15 is 0 Å². The predicted molar refractivity (Wildman–Crippen MR) is 94.8 cm³/mol. The molecular weight excluding hydrogens is 316 g/mol. The van der Waals surface area contributed by atoms with Crippen LogP contribution in [0.15, 0.2) is 36.9 Å². The molecule has 3 heterocycles. The minimum Gasteiger partial charge on any atom is -0.346 e. The van der Waals surface area contributed by atoms with Crippen LogP contribution in [0, 0.1) is 12.8 Å². The lowest BCUT2D eigenvalue weighted by molar-refractivity contribution is 0.0946. The van der Waals surface area contributed by atoms with Gasteiger partial charge in [-0.25, -0.2) is 0 Å². The Hall–Kier alpha value is -2.96. The van der Waals surface area contributed by atoms with E-state index in [1.54, 1.807) is 18.6 Å². The largest absolute Gasteiger partial charge is 0.346 e. The average molecular weight is 338 g/mol. The lowest BCUT2D eigenvalue weighted by Crippen LogP contribution is -2.24. The zero-order valence-corrected chi connectivity index (χ0v) is 14.7. The number of carbonyl (C=O) groups is 1. The zero-order chi connectivity index (χ0) is 17.8. The number of aromatic amines is 1. The van der Waals surface area contributed by atoms with Crippen LogP contribution in [0.3, 0.4) is 0 Å². The summed E-state index contributed by atoms with van der Waals surface area (Å²) in [6.45, 7) is 7.63. The van der Waals surface area contributed by atoms with Crippen LogP contribution in [0.5, 0.6) is 0 Å². The predicted octanol–water partition coefficient (Wildman–Crippen LogP) is 2.56. The maximum absolute atomic E-state index is 12.5. The van der Waals surface area contributed by atoms with Gasteiger partial charge in [-0.15, -0.1) is 0 Å². The topological polar surface area (TPSA) is 88.5 Å². The Morgan fingerprint density at radius 2 is 2.04 bits per heavy atom. The number of hydrogen-bond acceptors (Lipinski definition) is 4. The molecule has 0 spiro atoms. The molecule has 0 radical (unpaired) electrons. The third-order valence-corrected chi connectivity index (χ3v) is 4.04. The highest BCUT2D eigenvalue weighted by Crippen LogP contribution is 2.21. The van der Waals surface area contributed by atoms with Gasteiger partial charge < -0.3 is 5.32 Å². The summed E-state index contributed by atoms with van der Waals surface area (Å²) in [5.74, 6) is 0.328. The summed E-state index contributed by atoms with van der Waals surface area (Å²) < 4.78 is 1.98. The number of rotatable bonds is 6. The molecule has 7 nitrogen and oxygen atoms in total. The summed E-state index contributed by atoms with van der Waals surface area (Å²) in [5, 5.41) is 14.1. The van der Waals surface area contributed by atoms with Crippen molar-refractivity contribution < 1.29 is 4.79 Å². The molecule has 0 bridgehead atoms. The molecule has 3 rings (SSSR count). The van der Waals surface area contributed by atoms with Crippen molar-refractivity contribution in [3.05, 3.63) is 53.9 Å². The molecule has 0 aromatic carbocycles. The fourth-order valence-corrected chi connectivity index (χ4v) is 2.66. The van der Waals surface area contributed by atoms with Gasteiger partial charge in [0, 0.05) is 42.3 Å². The van der Waals surface area contributed by atoms with Crippen LogP contribution in [0.25, 0.3) is 11.1 Å². The Kier molecular flexibility index (Phi) is 4.92. The molecule has 0 aliphatic rings. The summed E-state index contributed by atoms with van der Waals surface area (Å²) in [7, 11) is 0. The standard InChI is InChI=1S/C18H22N6O/c1-12(2)11-24-13(3)15(9-22-24)8-20-18(25)17-16(10-21-23-17)14-4-6-19-7-5-14/h4-7,9-10,12H,8,11H2,1-3H3,(H,20,25)(H,21,23). The molecule has 0 fully saturated rings. The monoisotopic (exact) mass is 338 g/mol. The number of nitrogens with zero attached hydrogens (tertiary/aromatic N) is 4. The van der Waals surface area contributed by atoms with Crippen molar-refractivity contribution in [1.29, 1.82) is 0 Å². The molecule has 1 amide bonds. The summed E-state index contributed by atoms with van der Waals surface area (Å²) in [6.07, 6.45) is 6.85. The van der Waals surface area contributed by atoms with Crippen LogP contribution in [0.2, 0.25) is 0 Å². The van der Waals surface area contributed by atoms with E-state index in [0.717, 1.165) is 28.9 Å². The van der Waals surface area contributed by atoms with Crippen molar-refractivity contribution in [3.8, 4) is 11.1 Å². The number of H-pyrrole nitrogens is 1. The molecule has 3 aromatic rings. The smallest absolute Gasteiger partial charge is 0.270 e. The van der Waals surface area contributed by atoms with E-state index in [1.807, 2.05) is 29.9 Å². The SMILES string of the molecule is Cc1c(CNC(=O)c2[nH]ncc2-c2ccncc2)cnn1CC(C)C. The third kappa shape index (κ3) is 3.76. The van der Waals surface area contributed by atoms with Crippen LogP contribution in [0.4, 0.5) is 0 Å². The highest BCUT2D eigenvalue weighted by Gasteiger charge is 2.16. The summed E-state index contributed by atoms with van der Waals surface area (Å²) in [4.78, 5) is 16.5. The first-order chi connectivity index (χ1) is 12.1. The van der Waals surface area contributed by atoms with Crippen LogP contribution < -0.4 is 5.32 Å². The quantitative estimate of drug-likeness (QED) is 0.723. The molecular formula is C18H22N6O. The number of pyridine rings is 1. The fourth-order valence-electron chi connectivity index (χ4n) is 2.66. The van der Waals surface area contributed by atoms with Crippen LogP contribution in [0.1, 0.15) is 35.6 Å². The maximum Gasteiger partial charge on any atom is 0.270 e. The second kappa shape index (κ2) is 7.29. The van der Waals surface area contributed by atoms with Crippen molar-refractivity contribution >= 4 is 5.91 Å². The maximum atomic E-state index is 12.5. The highest BCUT2D eigenvalue weighted by molar-refractivity contribution is 5.98. The normalized spacial score (nSPS) is 11.0. The van der Waals surface area contributed by atoms with Gasteiger partial charge >= 0.3 is 0 Å². The van der Waals surface area contributed by atoms with Crippen molar-refractivity contribution in [3.63, 3.8) is 0 Å². The Labute approximate surface area is 146 Å². The second-order valence-corrected chi connectivity index (χ2v) is 6.41. The summed E-state index contributed by atoms with van der Waals surface area (Å²) >= 11 is 0. The van der Waals surface area contributed by atoms with E-state index in [0.29, 0.717) is 18.2 Å². The summed E-state index contributed by atoms with van der Waals surface area (Å²) in [5.41, 5.74) is 4.19. The Bertz CT molecular complexity index is 850. The third-order valence-electron chi connectivity index (χ3n) is 4.04. The van der Waals surface area contributed by atoms with Gasteiger partial charge in [-0.2, -0.15) is 10.2 Å². The van der Waals surface area contributed by atoms with Gasteiger partial charge in [0.25, 0.3) is 5.91 Å². The minimum atomic E-state index is -0.194. The van der Waals surface area contributed by atoms with Gasteiger partial charge in [0.2, 0.25) is 0 Å². The Morgan fingerprint density at radius 1 is 1.28 bits per heavy atom. The Balaban J connectivity index is 1.70. The van der Waals surface area contributed by atoms with Crippen LogP contribution >= 0.6 is 0 Å². The molecule has 0 aliphatic heterocycles. The van der Waals surface area contributed by atoms with E-state index in [4.69, 9.17) is 0 Å². The minimum absolute atomic E-state index is 0.194. The molecule has 2 N–H and O–H groups in total. The molecule has 0 unspecified atom stereocenters. The molecule has 0 saturated carbocycles. The van der Waals surface area contributed by atoms with Gasteiger partial charge in [0.1, 0.15) is 5.69 Å². The van der Waals surface area contributed by atoms with E-state index < -0.39 is 0 Å². The van der Waals surface area contributed by atoms with Crippen LogP contribution in [-0.2, 0) is 13.1 Å². The van der Waals surface area contributed by atoms with Crippen molar-refractivity contribution in [1.82, 2.24) is 30.3 Å². The zero-order valence-electron chi connectivity index (χ0n) is 14.7. The molecule has 130 valence electrons. The number of nitrogens with one attached hydrogen (secondary N) is 2. The van der Waals surface area contributed by atoms with Gasteiger partial charge in [-0.3, -0.25) is 19.6 Å². The highest BCUT2D eigenvalue weighted by atomic mass is 16.1. The van der Waals surface area contributed by atoms with Gasteiger partial charge in [0.05, 0.1) is 12.4 Å². The van der Waals surface area contributed by atoms with Gasteiger partial charge in [0.15, 0.2) is 0 Å². The van der Waals surface area contributed by atoms with Gasteiger partial charge in [-0.1, -0.05) is 13.8 Å². The molecule has 25 heavy (non-hydrogen) atoms. The molecule has 0 atom stereocenters. The van der Waals surface area contributed by atoms with Crippen molar-refractivity contribution in [2.24, 2.45) is 5.92 Å². The Morgan fingerprint density at radius 3 is 2.76 bits per heavy atom. The van der Waals surface area contributed by atoms with E-state index in [2.05, 4.69) is 39.4 Å². The van der Waals surface area contributed by atoms with Crippen molar-refractivity contribution in [2.75, 3.05) is 0 Å². The average Bonchev–Trinajstić information content (AvgIpc) is 3.22. The summed E-state index contributed by atoms with van der Waals surface area (Å²) in [6, 6.07) is 3.70. The number of hydrogen-bond donors (Lipinski definition) is 2. The molecule has 0 saturated heterocycles. The fraction of sp³-hybridized carbons (Fsp3) is 0.333. The lowest BCUT2D eigenvalue weighted by Gasteiger charge is -2.09. The molecule has 3 aromatic heterocycles. The molecule has 0 aliphatic carbocycles. The first-order valence-corrected chi connectivity index (χ1v) is 8.29. The number of carbonyl (C=O) groups excluding carboxylic acids is 1. The van der Waals surface area contributed by atoms with E-state index in [9.17, 15) is 4.79 Å². The lowest BCUT2D eigenvalue weighted by atomic mass is 10.1. The number of amides is 1. The first kappa shape index (κ1) is 16.9. The second-order valence-electron chi connectivity index (χ2n) is 6.41. The van der Waals surface area contributed by atoms with E-state index in [-0.39, 0.29) is 5.91 Å².